The number of nitrogens with one attached hydrogen (secondary N) is 2. The van der Waals surface area contributed by atoms with Gasteiger partial charge in [0.25, 0.3) is 0 Å². The molecule has 1 saturated carbocycles. The Labute approximate surface area is 95.8 Å². The van der Waals surface area contributed by atoms with E-state index in [1.807, 2.05) is 6.07 Å². The topological polar surface area (TPSA) is 85.2 Å². The van der Waals surface area contributed by atoms with E-state index in [9.17, 15) is 9.90 Å². The Hall–Kier alpha value is -1.12. The minimum Gasteiger partial charge on any atom is -0.393 e. The first-order valence-electron chi connectivity index (χ1n) is 5.74. The van der Waals surface area contributed by atoms with Gasteiger partial charge in [0.15, 0.2) is 0 Å². The van der Waals surface area contributed by atoms with Crippen molar-refractivity contribution in [3.8, 4) is 6.07 Å². The zero-order valence-corrected chi connectivity index (χ0v) is 9.41. The van der Waals surface area contributed by atoms with Crippen LogP contribution in [0.1, 0.15) is 25.7 Å². The minimum atomic E-state index is -0.141. The number of nitrogens with zero attached hydrogens (tertiary/aromatic N) is 1. The molecule has 0 bridgehead atoms. The SMILES string of the molecule is N#CCNC(=O)CNCC1CCC(O)CC1. The molecular formula is C11H19N3O2. The van der Waals surface area contributed by atoms with Crippen molar-refractivity contribution in [1.82, 2.24) is 10.6 Å². The van der Waals surface area contributed by atoms with Crippen molar-refractivity contribution in [2.24, 2.45) is 5.92 Å². The van der Waals surface area contributed by atoms with Crippen LogP contribution in [0, 0.1) is 17.2 Å². The van der Waals surface area contributed by atoms with Crippen molar-refractivity contribution in [1.29, 1.82) is 5.26 Å². The van der Waals surface area contributed by atoms with Crippen molar-refractivity contribution in [3.05, 3.63) is 0 Å². The Balaban J connectivity index is 2.03. The first kappa shape index (κ1) is 12.9. The van der Waals surface area contributed by atoms with Crippen molar-refractivity contribution >= 4 is 5.91 Å². The lowest BCUT2D eigenvalue weighted by molar-refractivity contribution is -0.120. The lowest BCUT2D eigenvalue weighted by Gasteiger charge is -2.25. The molecule has 1 aliphatic rings. The lowest BCUT2D eigenvalue weighted by atomic mass is 9.87. The number of hydrogen-bond acceptors (Lipinski definition) is 4. The van der Waals surface area contributed by atoms with Gasteiger partial charge in [0, 0.05) is 0 Å². The van der Waals surface area contributed by atoms with E-state index >= 15 is 0 Å². The van der Waals surface area contributed by atoms with Gasteiger partial charge in [0.1, 0.15) is 6.54 Å². The Morgan fingerprint density at radius 2 is 2.06 bits per heavy atom. The molecule has 1 aliphatic carbocycles. The van der Waals surface area contributed by atoms with Crippen molar-refractivity contribution in [2.75, 3.05) is 19.6 Å². The fourth-order valence-corrected chi connectivity index (χ4v) is 1.94. The van der Waals surface area contributed by atoms with Gasteiger partial charge in [0.2, 0.25) is 5.91 Å². The molecule has 3 N–H and O–H groups in total. The molecule has 0 aromatic heterocycles. The fraction of sp³-hybridized carbons (Fsp3) is 0.818. The number of hydrogen-bond donors (Lipinski definition) is 3. The number of rotatable bonds is 5. The summed E-state index contributed by atoms with van der Waals surface area (Å²) in [5.74, 6) is 0.421. The number of carbonyl (C=O) groups excluding carboxylic acids is 1. The van der Waals surface area contributed by atoms with E-state index in [0.717, 1.165) is 32.2 Å². The van der Waals surface area contributed by atoms with Gasteiger partial charge in [-0.25, -0.2) is 0 Å². The molecular weight excluding hydrogens is 206 g/mol. The molecule has 0 spiro atoms. The van der Waals surface area contributed by atoms with Gasteiger partial charge >= 0.3 is 0 Å². The summed E-state index contributed by atoms with van der Waals surface area (Å²) in [7, 11) is 0. The van der Waals surface area contributed by atoms with E-state index in [1.165, 1.54) is 0 Å². The van der Waals surface area contributed by atoms with E-state index in [2.05, 4.69) is 10.6 Å². The van der Waals surface area contributed by atoms with E-state index in [-0.39, 0.29) is 25.1 Å². The van der Waals surface area contributed by atoms with Gasteiger partial charge in [-0.1, -0.05) is 0 Å². The normalized spacial score (nSPS) is 24.8. The third kappa shape index (κ3) is 5.10. The van der Waals surface area contributed by atoms with Crippen LogP contribution in [0.15, 0.2) is 0 Å². The van der Waals surface area contributed by atoms with Crippen molar-refractivity contribution < 1.29 is 9.90 Å². The molecule has 5 nitrogen and oxygen atoms in total. The molecule has 5 heteroatoms. The highest BCUT2D eigenvalue weighted by molar-refractivity contribution is 5.78. The van der Waals surface area contributed by atoms with Crippen LogP contribution in [0.3, 0.4) is 0 Å². The molecule has 1 amide bonds. The van der Waals surface area contributed by atoms with E-state index < -0.39 is 0 Å². The molecule has 0 unspecified atom stereocenters. The van der Waals surface area contributed by atoms with Crippen LogP contribution in [-0.2, 0) is 4.79 Å². The Kier molecular flexibility index (Phi) is 5.83. The number of nitriles is 1. The highest BCUT2D eigenvalue weighted by Crippen LogP contribution is 2.23. The number of amides is 1. The minimum absolute atomic E-state index is 0.0656. The third-order valence-electron chi connectivity index (χ3n) is 2.90. The van der Waals surface area contributed by atoms with Gasteiger partial charge < -0.3 is 15.7 Å². The summed E-state index contributed by atoms with van der Waals surface area (Å²) < 4.78 is 0. The molecule has 1 fully saturated rings. The maximum Gasteiger partial charge on any atom is 0.234 e. The van der Waals surface area contributed by atoms with Crippen LogP contribution in [0.4, 0.5) is 0 Å². The first-order chi connectivity index (χ1) is 7.72. The second-order valence-corrected chi connectivity index (χ2v) is 4.24. The Morgan fingerprint density at radius 3 is 2.69 bits per heavy atom. The van der Waals surface area contributed by atoms with Crippen LogP contribution in [0.2, 0.25) is 0 Å². The van der Waals surface area contributed by atoms with Crippen molar-refractivity contribution in [3.63, 3.8) is 0 Å². The van der Waals surface area contributed by atoms with Crippen molar-refractivity contribution in [2.45, 2.75) is 31.8 Å². The molecule has 90 valence electrons. The largest absolute Gasteiger partial charge is 0.393 e. The van der Waals surface area contributed by atoms with Crippen LogP contribution < -0.4 is 10.6 Å². The maximum absolute atomic E-state index is 11.1. The van der Waals surface area contributed by atoms with Gasteiger partial charge in [-0.15, -0.1) is 0 Å². The second kappa shape index (κ2) is 7.20. The number of aliphatic hydroxyl groups is 1. The summed E-state index contributed by atoms with van der Waals surface area (Å²) in [6.07, 6.45) is 3.65. The quantitative estimate of drug-likeness (QED) is 0.564. The average molecular weight is 225 g/mol. The Morgan fingerprint density at radius 1 is 1.38 bits per heavy atom. The predicted molar refractivity (Wildman–Crippen MR) is 59.5 cm³/mol. The lowest BCUT2D eigenvalue weighted by Crippen LogP contribution is -2.37. The molecule has 0 radical (unpaired) electrons. The van der Waals surface area contributed by atoms with Gasteiger partial charge in [-0.05, 0) is 38.1 Å². The molecule has 1 rings (SSSR count). The smallest absolute Gasteiger partial charge is 0.234 e. The van der Waals surface area contributed by atoms with E-state index in [0.29, 0.717) is 5.92 Å². The third-order valence-corrected chi connectivity index (χ3v) is 2.90. The highest BCUT2D eigenvalue weighted by atomic mass is 16.3. The van der Waals surface area contributed by atoms with Crippen LogP contribution in [0.25, 0.3) is 0 Å². The Bertz CT molecular complexity index is 254. The van der Waals surface area contributed by atoms with Crippen LogP contribution in [-0.4, -0.2) is 36.8 Å². The molecule has 0 heterocycles. The summed E-state index contributed by atoms with van der Waals surface area (Å²) in [5.41, 5.74) is 0. The average Bonchev–Trinajstić information content (AvgIpc) is 2.29. The fourth-order valence-electron chi connectivity index (χ4n) is 1.94. The van der Waals surface area contributed by atoms with E-state index in [1.54, 1.807) is 0 Å². The zero-order valence-electron chi connectivity index (χ0n) is 9.41. The number of carbonyl (C=O) groups is 1. The second-order valence-electron chi connectivity index (χ2n) is 4.24. The highest BCUT2D eigenvalue weighted by Gasteiger charge is 2.18. The monoisotopic (exact) mass is 225 g/mol. The maximum atomic E-state index is 11.1. The van der Waals surface area contributed by atoms with Gasteiger partial charge in [-0.3, -0.25) is 4.79 Å². The summed E-state index contributed by atoms with van der Waals surface area (Å²) >= 11 is 0. The molecule has 16 heavy (non-hydrogen) atoms. The first-order valence-corrected chi connectivity index (χ1v) is 5.74. The summed E-state index contributed by atoms with van der Waals surface area (Å²) in [6.45, 7) is 1.14. The van der Waals surface area contributed by atoms with E-state index in [4.69, 9.17) is 5.26 Å². The summed E-state index contributed by atoms with van der Waals surface area (Å²) in [5, 5.41) is 23.1. The standard InChI is InChI=1S/C11H19N3O2/c12-5-6-14-11(16)8-13-7-9-1-3-10(15)4-2-9/h9-10,13,15H,1-4,6-8H2,(H,14,16). The molecule has 0 saturated heterocycles. The molecule has 0 aliphatic heterocycles. The van der Waals surface area contributed by atoms with Gasteiger partial charge in [0.05, 0.1) is 18.7 Å². The zero-order chi connectivity index (χ0) is 11.8. The molecule has 0 aromatic rings. The summed E-state index contributed by atoms with van der Waals surface area (Å²) in [4.78, 5) is 11.1. The predicted octanol–water partition coefficient (Wildman–Crippen LogP) is -0.233. The van der Waals surface area contributed by atoms with Gasteiger partial charge in [-0.2, -0.15) is 5.26 Å². The van der Waals surface area contributed by atoms with Crippen LogP contribution >= 0.6 is 0 Å². The number of aliphatic hydroxyl groups excluding tert-OH is 1. The summed E-state index contributed by atoms with van der Waals surface area (Å²) in [6, 6.07) is 1.86. The molecule has 0 aromatic carbocycles. The molecule has 0 atom stereocenters. The van der Waals surface area contributed by atoms with Crippen LogP contribution in [0.5, 0.6) is 0 Å².